The molecular weight excluding hydrogens is 235 g/mol. The number of anilines is 1. The first kappa shape index (κ1) is 11.9. The van der Waals surface area contributed by atoms with Crippen molar-refractivity contribution < 1.29 is 13.6 Å². The van der Waals surface area contributed by atoms with Gasteiger partial charge in [0.15, 0.2) is 0 Å². The summed E-state index contributed by atoms with van der Waals surface area (Å²) in [4.78, 5) is 11.8. The molecule has 0 aliphatic heterocycles. The molecule has 0 bridgehead atoms. The van der Waals surface area contributed by atoms with E-state index in [1.807, 2.05) is 6.07 Å². The molecule has 4 nitrogen and oxygen atoms in total. The van der Waals surface area contributed by atoms with Crippen molar-refractivity contribution in [2.75, 3.05) is 5.32 Å². The Morgan fingerprint density at radius 1 is 1.44 bits per heavy atom. The second-order valence-electron chi connectivity index (χ2n) is 3.65. The highest BCUT2D eigenvalue weighted by Crippen LogP contribution is 2.17. The first-order chi connectivity index (χ1) is 8.61. The minimum absolute atomic E-state index is 0.0274. The van der Waals surface area contributed by atoms with Crippen LogP contribution in [-0.2, 0) is 0 Å². The highest BCUT2D eigenvalue weighted by atomic mass is 19.1. The van der Waals surface area contributed by atoms with Gasteiger partial charge >= 0.3 is 0 Å². The quantitative estimate of drug-likeness (QED) is 0.883. The first-order valence-electron chi connectivity index (χ1n) is 5.17. The van der Waals surface area contributed by atoms with E-state index in [4.69, 9.17) is 9.68 Å². The molecule has 1 aromatic heterocycles. The van der Waals surface area contributed by atoms with Crippen LogP contribution in [0.1, 0.15) is 21.7 Å². The lowest BCUT2D eigenvalue weighted by Gasteiger charge is -2.05. The van der Waals surface area contributed by atoms with Crippen LogP contribution in [0.15, 0.2) is 34.9 Å². The molecule has 0 saturated carbocycles. The summed E-state index contributed by atoms with van der Waals surface area (Å²) in [6.45, 7) is 1.64. The molecule has 0 unspecified atom stereocenters. The van der Waals surface area contributed by atoms with E-state index >= 15 is 0 Å². The van der Waals surface area contributed by atoms with E-state index in [-0.39, 0.29) is 11.3 Å². The van der Waals surface area contributed by atoms with Crippen LogP contribution in [-0.4, -0.2) is 5.91 Å². The summed E-state index contributed by atoms with van der Waals surface area (Å²) in [5.74, 6) is -0.644. The largest absolute Gasteiger partial charge is 0.469 e. The summed E-state index contributed by atoms with van der Waals surface area (Å²) in [5, 5.41) is 11.0. The first-order valence-corrected chi connectivity index (χ1v) is 5.17. The lowest BCUT2D eigenvalue weighted by molar-refractivity contribution is 0.102. The van der Waals surface area contributed by atoms with E-state index in [2.05, 4.69) is 5.32 Å². The van der Waals surface area contributed by atoms with Crippen molar-refractivity contribution in [3.8, 4) is 6.07 Å². The fourth-order valence-electron chi connectivity index (χ4n) is 1.50. The number of carbonyl (C=O) groups excluding carboxylic acids is 1. The number of hydrogen-bond acceptors (Lipinski definition) is 3. The monoisotopic (exact) mass is 244 g/mol. The molecule has 0 atom stereocenters. The number of rotatable bonds is 2. The summed E-state index contributed by atoms with van der Waals surface area (Å²) in [5.41, 5.74) is 0.573. The molecule has 18 heavy (non-hydrogen) atoms. The molecule has 2 aromatic rings. The third kappa shape index (κ3) is 2.23. The molecule has 5 heteroatoms. The summed E-state index contributed by atoms with van der Waals surface area (Å²) >= 11 is 0. The Hall–Kier alpha value is -2.61. The number of nitrogens with one attached hydrogen (secondary N) is 1. The number of nitriles is 1. The zero-order valence-corrected chi connectivity index (χ0v) is 9.53. The van der Waals surface area contributed by atoms with Crippen molar-refractivity contribution in [2.45, 2.75) is 6.92 Å². The highest BCUT2D eigenvalue weighted by molar-refractivity contribution is 6.04. The predicted octanol–water partition coefficient (Wildman–Crippen LogP) is 2.85. The van der Waals surface area contributed by atoms with Gasteiger partial charge in [-0.1, -0.05) is 0 Å². The summed E-state index contributed by atoms with van der Waals surface area (Å²) in [6.07, 6.45) is 1.39. The molecule has 1 heterocycles. The van der Waals surface area contributed by atoms with Gasteiger partial charge in [0.25, 0.3) is 5.91 Å². The van der Waals surface area contributed by atoms with Crippen molar-refractivity contribution in [3.05, 3.63) is 53.2 Å². The van der Waals surface area contributed by atoms with Crippen LogP contribution in [0.5, 0.6) is 0 Å². The molecular formula is C13H9FN2O2. The minimum atomic E-state index is -0.649. The maximum Gasteiger partial charge on any atom is 0.259 e. The van der Waals surface area contributed by atoms with Gasteiger partial charge in [-0.25, -0.2) is 4.39 Å². The maximum absolute atomic E-state index is 13.6. The minimum Gasteiger partial charge on any atom is -0.469 e. The van der Waals surface area contributed by atoms with Gasteiger partial charge in [-0.15, -0.1) is 0 Å². The van der Waals surface area contributed by atoms with Crippen LogP contribution in [0.3, 0.4) is 0 Å². The van der Waals surface area contributed by atoms with Gasteiger partial charge in [0.05, 0.1) is 29.1 Å². The van der Waals surface area contributed by atoms with E-state index in [1.165, 1.54) is 24.5 Å². The summed E-state index contributed by atoms with van der Waals surface area (Å²) in [6, 6.07) is 7.17. The van der Waals surface area contributed by atoms with Crippen molar-refractivity contribution >= 4 is 11.6 Å². The Morgan fingerprint density at radius 3 is 2.78 bits per heavy atom. The fourth-order valence-corrected chi connectivity index (χ4v) is 1.50. The van der Waals surface area contributed by atoms with Crippen molar-refractivity contribution in [2.24, 2.45) is 0 Å². The van der Waals surface area contributed by atoms with Crippen LogP contribution in [0.4, 0.5) is 10.1 Å². The molecule has 0 saturated heterocycles. The number of hydrogen-bond donors (Lipinski definition) is 1. The maximum atomic E-state index is 13.6. The molecule has 90 valence electrons. The molecule has 1 N–H and O–H groups in total. The van der Waals surface area contributed by atoms with Crippen LogP contribution in [0, 0.1) is 24.1 Å². The molecule has 1 amide bonds. The number of halogens is 1. The normalized spacial score (nSPS) is 9.83. The Kier molecular flexibility index (Phi) is 3.11. The van der Waals surface area contributed by atoms with Crippen molar-refractivity contribution in [3.63, 3.8) is 0 Å². The number of benzene rings is 1. The third-order valence-electron chi connectivity index (χ3n) is 2.45. The Morgan fingerprint density at radius 2 is 2.22 bits per heavy atom. The topological polar surface area (TPSA) is 66.0 Å². The Bertz CT molecular complexity index is 641. The SMILES string of the molecule is Cc1occc1C(=O)Nc1ccc(C#N)cc1F. The van der Waals surface area contributed by atoms with Gasteiger partial charge < -0.3 is 9.73 Å². The second-order valence-corrected chi connectivity index (χ2v) is 3.65. The summed E-state index contributed by atoms with van der Waals surface area (Å²) in [7, 11) is 0. The van der Waals surface area contributed by atoms with Gasteiger partial charge in [0.2, 0.25) is 0 Å². The standard InChI is InChI=1S/C13H9FN2O2/c1-8-10(4-5-18-8)13(17)16-12-3-2-9(7-15)6-11(12)14/h2-6H,1H3,(H,16,17). The summed E-state index contributed by atoms with van der Waals surface area (Å²) < 4.78 is 18.5. The van der Waals surface area contributed by atoms with Crippen LogP contribution in [0.25, 0.3) is 0 Å². The molecule has 0 fully saturated rings. The van der Waals surface area contributed by atoms with Gasteiger partial charge in [-0.3, -0.25) is 4.79 Å². The van der Waals surface area contributed by atoms with E-state index < -0.39 is 11.7 Å². The third-order valence-corrected chi connectivity index (χ3v) is 2.45. The number of nitrogens with zero attached hydrogens (tertiary/aromatic N) is 1. The van der Waals surface area contributed by atoms with Crippen LogP contribution in [0.2, 0.25) is 0 Å². The van der Waals surface area contributed by atoms with E-state index in [9.17, 15) is 9.18 Å². The van der Waals surface area contributed by atoms with Crippen LogP contribution < -0.4 is 5.32 Å². The zero-order valence-electron chi connectivity index (χ0n) is 9.53. The van der Waals surface area contributed by atoms with E-state index in [0.29, 0.717) is 11.3 Å². The van der Waals surface area contributed by atoms with Crippen LogP contribution >= 0.6 is 0 Å². The number of amides is 1. The van der Waals surface area contributed by atoms with Gasteiger partial charge in [0.1, 0.15) is 11.6 Å². The van der Waals surface area contributed by atoms with Gasteiger partial charge in [-0.2, -0.15) is 5.26 Å². The van der Waals surface area contributed by atoms with Gasteiger partial charge in [0, 0.05) is 0 Å². The molecule has 2 rings (SSSR count). The van der Waals surface area contributed by atoms with Gasteiger partial charge in [-0.05, 0) is 31.2 Å². The van der Waals surface area contributed by atoms with Crippen molar-refractivity contribution in [1.82, 2.24) is 0 Å². The average Bonchev–Trinajstić information content (AvgIpc) is 2.78. The Balaban J connectivity index is 2.23. The smallest absolute Gasteiger partial charge is 0.259 e. The average molecular weight is 244 g/mol. The lowest BCUT2D eigenvalue weighted by Crippen LogP contribution is -2.13. The number of furan rings is 1. The number of carbonyl (C=O) groups is 1. The van der Waals surface area contributed by atoms with Crippen molar-refractivity contribution in [1.29, 1.82) is 5.26 Å². The fraction of sp³-hybridized carbons (Fsp3) is 0.0769. The number of aryl methyl sites for hydroxylation is 1. The molecule has 0 radical (unpaired) electrons. The molecule has 0 aliphatic carbocycles. The zero-order chi connectivity index (χ0) is 13.1. The lowest BCUT2D eigenvalue weighted by atomic mass is 10.2. The Labute approximate surface area is 103 Å². The molecule has 0 aliphatic rings. The van der Waals surface area contributed by atoms with E-state index in [0.717, 1.165) is 6.07 Å². The molecule has 0 spiro atoms. The predicted molar refractivity (Wildman–Crippen MR) is 62.5 cm³/mol. The second kappa shape index (κ2) is 4.72. The van der Waals surface area contributed by atoms with E-state index in [1.54, 1.807) is 6.92 Å². The highest BCUT2D eigenvalue weighted by Gasteiger charge is 2.13. The molecule has 1 aromatic carbocycles.